The van der Waals surface area contributed by atoms with Crippen LogP contribution in [0, 0.1) is 11.3 Å². The molecular formula is C14H11ClN2S2. The van der Waals surface area contributed by atoms with Crippen LogP contribution in [0.1, 0.15) is 5.56 Å². The maximum atomic E-state index is 9.37. The number of thioether (sulfide) groups is 2. The van der Waals surface area contributed by atoms with E-state index in [-0.39, 0.29) is 0 Å². The summed E-state index contributed by atoms with van der Waals surface area (Å²) in [5, 5.41) is 11.7. The van der Waals surface area contributed by atoms with Crippen LogP contribution in [0.15, 0.2) is 40.4 Å². The molecule has 1 aromatic heterocycles. The normalized spacial score (nSPS) is 10.2. The third-order valence-corrected chi connectivity index (χ3v) is 4.19. The molecular weight excluding hydrogens is 296 g/mol. The van der Waals surface area contributed by atoms with E-state index >= 15 is 0 Å². The molecule has 5 heteroatoms. The van der Waals surface area contributed by atoms with Crippen LogP contribution < -0.4 is 0 Å². The summed E-state index contributed by atoms with van der Waals surface area (Å²) in [6, 6.07) is 11.7. The molecule has 2 rings (SSSR count). The summed E-state index contributed by atoms with van der Waals surface area (Å²) >= 11 is 8.96. The van der Waals surface area contributed by atoms with E-state index in [0.717, 1.165) is 21.2 Å². The van der Waals surface area contributed by atoms with Gasteiger partial charge in [-0.05, 0) is 36.3 Å². The van der Waals surface area contributed by atoms with E-state index in [2.05, 4.69) is 11.1 Å². The third-order valence-electron chi connectivity index (χ3n) is 2.63. The molecule has 0 radical (unpaired) electrons. The number of nitriles is 1. The summed E-state index contributed by atoms with van der Waals surface area (Å²) in [4.78, 5) is 4.46. The fourth-order valence-corrected chi connectivity index (χ4v) is 2.87. The summed E-state index contributed by atoms with van der Waals surface area (Å²) in [5.74, 6) is 0. The average molecular weight is 307 g/mol. The second kappa shape index (κ2) is 6.33. The highest BCUT2D eigenvalue weighted by molar-refractivity contribution is 7.99. The highest BCUT2D eigenvalue weighted by Gasteiger charge is 2.13. The van der Waals surface area contributed by atoms with Gasteiger partial charge in [0.2, 0.25) is 0 Å². The van der Waals surface area contributed by atoms with Gasteiger partial charge in [0.25, 0.3) is 0 Å². The standard InChI is InChI=1S/C14H11ClN2S2/c1-18-13-7-11(9-3-5-10(15)6-4-9)12(8-16)14(17-13)19-2/h3-7H,1-2H3. The number of hydrogen-bond donors (Lipinski definition) is 0. The minimum Gasteiger partial charge on any atom is -0.234 e. The minimum absolute atomic E-state index is 0.618. The first-order valence-corrected chi connectivity index (χ1v) is 8.31. The van der Waals surface area contributed by atoms with E-state index < -0.39 is 0 Å². The first-order chi connectivity index (χ1) is 9.19. The van der Waals surface area contributed by atoms with Crippen molar-refractivity contribution in [2.75, 3.05) is 12.5 Å². The number of aromatic nitrogens is 1. The van der Waals surface area contributed by atoms with Crippen LogP contribution in [0.3, 0.4) is 0 Å². The molecule has 0 bridgehead atoms. The maximum absolute atomic E-state index is 9.37. The predicted molar refractivity (Wildman–Crippen MR) is 83.0 cm³/mol. The highest BCUT2D eigenvalue weighted by Crippen LogP contribution is 2.32. The van der Waals surface area contributed by atoms with Crippen molar-refractivity contribution >= 4 is 35.1 Å². The van der Waals surface area contributed by atoms with Crippen LogP contribution >= 0.6 is 35.1 Å². The van der Waals surface area contributed by atoms with E-state index in [1.54, 1.807) is 11.8 Å². The van der Waals surface area contributed by atoms with Crippen molar-refractivity contribution in [1.82, 2.24) is 4.98 Å². The Morgan fingerprint density at radius 2 is 1.84 bits per heavy atom. The summed E-state index contributed by atoms with van der Waals surface area (Å²) in [6.45, 7) is 0. The molecule has 0 saturated heterocycles. The van der Waals surface area contributed by atoms with E-state index in [0.29, 0.717) is 10.6 Å². The Morgan fingerprint density at radius 1 is 1.16 bits per heavy atom. The van der Waals surface area contributed by atoms with Gasteiger partial charge < -0.3 is 0 Å². The summed E-state index contributed by atoms with van der Waals surface area (Å²) in [7, 11) is 0. The molecule has 0 amide bonds. The molecule has 0 spiro atoms. The van der Waals surface area contributed by atoms with Crippen molar-refractivity contribution in [1.29, 1.82) is 5.26 Å². The number of rotatable bonds is 3. The van der Waals surface area contributed by atoms with Crippen molar-refractivity contribution in [2.24, 2.45) is 0 Å². The van der Waals surface area contributed by atoms with Gasteiger partial charge in [-0.15, -0.1) is 23.5 Å². The topological polar surface area (TPSA) is 36.7 Å². The molecule has 19 heavy (non-hydrogen) atoms. The number of hydrogen-bond acceptors (Lipinski definition) is 4. The molecule has 2 aromatic rings. The largest absolute Gasteiger partial charge is 0.234 e. The van der Waals surface area contributed by atoms with Gasteiger partial charge in [-0.1, -0.05) is 23.7 Å². The molecule has 0 N–H and O–H groups in total. The average Bonchev–Trinajstić information content (AvgIpc) is 2.46. The van der Waals surface area contributed by atoms with Crippen molar-refractivity contribution in [3.63, 3.8) is 0 Å². The van der Waals surface area contributed by atoms with Gasteiger partial charge >= 0.3 is 0 Å². The predicted octanol–water partition coefficient (Wildman–Crippen LogP) is 4.72. The van der Waals surface area contributed by atoms with Crippen molar-refractivity contribution < 1.29 is 0 Å². The van der Waals surface area contributed by atoms with E-state index in [1.165, 1.54) is 11.8 Å². The zero-order valence-electron chi connectivity index (χ0n) is 10.5. The zero-order chi connectivity index (χ0) is 13.8. The van der Waals surface area contributed by atoms with Gasteiger partial charge in [-0.2, -0.15) is 5.26 Å². The number of halogens is 1. The Morgan fingerprint density at radius 3 is 2.37 bits per heavy atom. The lowest BCUT2D eigenvalue weighted by atomic mass is 10.0. The molecule has 0 saturated carbocycles. The van der Waals surface area contributed by atoms with Gasteiger partial charge in [-0.3, -0.25) is 0 Å². The maximum Gasteiger partial charge on any atom is 0.115 e. The Bertz CT molecular complexity index is 633. The van der Waals surface area contributed by atoms with Crippen molar-refractivity contribution in [3.8, 4) is 17.2 Å². The summed E-state index contributed by atoms with van der Waals surface area (Å²) in [5.41, 5.74) is 2.50. The quantitative estimate of drug-likeness (QED) is 0.769. The molecule has 96 valence electrons. The molecule has 0 atom stereocenters. The molecule has 1 aromatic carbocycles. The van der Waals surface area contributed by atoms with Gasteiger partial charge in [0.15, 0.2) is 0 Å². The zero-order valence-corrected chi connectivity index (χ0v) is 12.9. The Hall–Kier alpha value is -1.15. The number of pyridine rings is 1. The minimum atomic E-state index is 0.618. The summed E-state index contributed by atoms with van der Waals surface area (Å²) < 4.78 is 0. The molecule has 1 heterocycles. The molecule has 0 aliphatic carbocycles. The van der Waals surface area contributed by atoms with Crippen LogP contribution in [0.25, 0.3) is 11.1 Å². The Kier molecular flexibility index (Phi) is 4.76. The molecule has 0 aliphatic rings. The fourth-order valence-electron chi connectivity index (χ4n) is 1.72. The molecule has 2 nitrogen and oxygen atoms in total. The van der Waals surface area contributed by atoms with Crippen molar-refractivity contribution in [2.45, 2.75) is 10.1 Å². The van der Waals surface area contributed by atoms with Gasteiger partial charge in [0, 0.05) is 10.6 Å². The van der Waals surface area contributed by atoms with Crippen LogP contribution in [-0.4, -0.2) is 17.5 Å². The van der Waals surface area contributed by atoms with Gasteiger partial charge in [0.1, 0.15) is 11.1 Å². The summed E-state index contributed by atoms with van der Waals surface area (Å²) in [6.07, 6.45) is 3.91. The number of nitrogens with zero attached hydrogens (tertiary/aromatic N) is 2. The SMILES string of the molecule is CSc1cc(-c2ccc(Cl)cc2)c(C#N)c(SC)n1. The molecule has 0 unspecified atom stereocenters. The fraction of sp³-hybridized carbons (Fsp3) is 0.143. The number of benzene rings is 1. The lowest BCUT2D eigenvalue weighted by molar-refractivity contribution is 1.00. The second-order valence-electron chi connectivity index (χ2n) is 3.72. The lowest BCUT2D eigenvalue weighted by Gasteiger charge is -2.10. The third kappa shape index (κ3) is 3.06. The highest BCUT2D eigenvalue weighted by atomic mass is 35.5. The Balaban J connectivity index is 2.67. The Labute approximate surface area is 126 Å². The van der Waals surface area contributed by atoms with Crippen LogP contribution in [0.5, 0.6) is 0 Å². The van der Waals surface area contributed by atoms with E-state index in [4.69, 9.17) is 11.6 Å². The van der Waals surface area contributed by atoms with Crippen molar-refractivity contribution in [3.05, 3.63) is 40.9 Å². The van der Waals surface area contributed by atoms with Gasteiger partial charge in [0.05, 0.1) is 10.6 Å². The lowest BCUT2D eigenvalue weighted by Crippen LogP contribution is -1.93. The van der Waals surface area contributed by atoms with Crippen LogP contribution in [0.4, 0.5) is 0 Å². The second-order valence-corrected chi connectivity index (χ2v) is 5.77. The smallest absolute Gasteiger partial charge is 0.115 e. The van der Waals surface area contributed by atoms with Gasteiger partial charge in [-0.25, -0.2) is 4.98 Å². The van der Waals surface area contributed by atoms with Crippen LogP contribution in [0.2, 0.25) is 5.02 Å². The van der Waals surface area contributed by atoms with E-state index in [1.807, 2.05) is 42.8 Å². The first-order valence-electron chi connectivity index (χ1n) is 5.48. The van der Waals surface area contributed by atoms with Crippen LogP contribution in [-0.2, 0) is 0 Å². The first kappa shape index (κ1) is 14.3. The molecule has 0 aliphatic heterocycles. The monoisotopic (exact) mass is 306 g/mol. The van der Waals surface area contributed by atoms with E-state index in [9.17, 15) is 5.26 Å². The molecule has 0 fully saturated rings.